The molecule has 1 heterocycles. The van der Waals surface area contributed by atoms with Crippen molar-refractivity contribution in [3.05, 3.63) is 69.7 Å². The van der Waals surface area contributed by atoms with Crippen molar-refractivity contribution in [2.24, 2.45) is 0 Å². The number of thiazole rings is 1. The molecule has 152 valence electrons. The van der Waals surface area contributed by atoms with Gasteiger partial charge in [0.15, 0.2) is 0 Å². The Bertz CT molecular complexity index is 1020. The molecule has 0 saturated carbocycles. The van der Waals surface area contributed by atoms with Crippen molar-refractivity contribution in [3.63, 3.8) is 0 Å². The first kappa shape index (κ1) is 22.8. The molecular weight excluding hydrogens is 404 g/mol. The summed E-state index contributed by atoms with van der Waals surface area (Å²) in [6.45, 7) is 11.1. The minimum Gasteiger partial charge on any atom is -0.320 e. The lowest BCUT2D eigenvalue weighted by atomic mass is 10.1. The number of Topliss-reactive ketones (excluding diaryl/α,β-unsaturated/α-hetero) is 1. The number of aromatic nitrogens is 1. The van der Waals surface area contributed by atoms with Crippen LogP contribution < -0.4 is 5.32 Å². The van der Waals surface area contributed by atoms with Gasteiger partial charge in [-0.2, -0.15) is 0 Å². The van der Waals surface area contributed by atoms with Crippen molar-refractivity contribution < 1.29 is 9.59 Å². The first-order valence-corrected chi connectivity index (χ1v) is 10.4. The molecule has 0 aliphatic rings. The molecule has 3 aromatic rings. The maximum atomic E-state index is 12.4. The number of rotatable bonds is 5. The summed E-state index contributed by atoms with van der Waals surface area (Å²) in [4.78, 5) is 27.1. The van der Waals surface area contributed by atoms with E-state index in [1.165, 1.54) is 0 Å². The molecule has 6 heteroatoms. The van der Waals surface area contributed by atoms with Gasteiger partial charge in [0.1, 0.15) is 5.78 Å². The Morgan fingerprint density at radius 1 is 1.14 bits per heavy atom. The van der Waals surface area contributed by atoms with Crippen LogP contribution in [-0.2, 0) is 4.79 Å². The van der Waals surface area contributed by atoms with Gasteiger partial charge in [0.2, 0.25) is 0 Å². The monoisotopic (exact) mass is 428 g/mol. The van der Waals surface area contributed by atoms with Gasteiger partial charge >= 0.3 is 0 Å². The molecule has 3 rings (SSSR count). The number of benzene rings is 2. The van der Waals surface area contributed by atoms with E-state index in [1.807, 2.05) is 45.0 Å². The van der Waals surface area contributed by atoms with E-state index in [4.69, 9.17) is 11.6 Å². The summed E-state index contributed by atoms with van der Waals surface area (Å²) in [5.74, 6) is 0.0761. The van der Waals surface area contributed by atoms with Crippen LogP contribution in [0.4, 0.5) is 5.69 Å². The van der Waals surface area contributed by atoms with Gasteiger partial charge in [0, 0.05) is 12.0 Å². The Morgan fingerprint density at radius 2 is 1.86 bits per heavy atom. The fourth-order valence-corrected chi connectivity index (χ4v) is 3.68. The zero-order chi connectivity index (χ0) is 21.6. The van der Waals surface area contributed by atoms with Crippen molar-refractivity contribution in [2.45, 2.75) is 40.5 Å². The molecule has 0 saturated heterocycles. The van der Waals surface area contributed by atoms with Gasteiger partial charge in [-0.25, -0.2) is 4.98 Å². The van der Waals surface area contributed by atoms with Crippen LogP contribution >= 0.6 is 22.9 Å². The van der Waals surface area contributed by atoms with Crippen molar-refractivity contribution in [2.75, 3.05) is 5.32 Å². The molecule has 29 heavy (non-hydrogen) atoms. The van der Waals surface area contributed by atoms with Crippen molar-refractivity contribution in [3.8, 4) is 0 Å². The lowest BCUT2D eigenvalue weighted by Crippen LogP contribution is -2.13. The second-order valence-corrected chi connectivity index (χ2v) is 8.60. The maximum Gasteiger partial charge on any atom is 0.255 e. The average molecular weight is 429 g/mol. The number of ketones is 1. The Balaban J connectivity index is 0.000000321. The average Bonchev–Trinajstić information content (AvgIpc) is 3.02. The minimum atomic E-state index is -0.167. The lowest BCUT2D eigenvalue weighted by Gasteiger charge is -2.10. The van der Waals surface area contributed by atoms with E-state index in [2.05, 4.69) is 16.9 Å². The summed E-state index contributed by atoms with van der Waals surface area (Å²) in [6.07, 6.45) is 1.49. The van der Waals surface area contributed by atoms with Crippen molar-refractivity contribution in [1.29, 1.82) is 0 Å². The van der Waals surface area contributed by atoms with E-state index in [9.17, 15) is 9.59 Å². The molecule has 1 aromatic heterocycles. The van der Waals surface area contributed by atoms with E-state index >= 15 is 0 Å². The number of anilines is 1. The summed E-state index contributed by atoms with van der Waals surface area (Å²) >= 11 is 7.72. The molecule has 1 N–H and O–H groups in total. The zero-order valence-electron chi connectivity index (χ0n) is 17.1. The largest absolute Gasteiger partial charge is 0.320 e. The maximum absolute atomic E-state index is 12.4. The number of fused-ring (bicyclic) bond motifs is 1. The molecule has 0 radical (unpaired) electrons. The smallest absolute Gasteiger partial charge is 0.255 e. The van der Waals surface area contributed by atoms with Crippen LogP contribution in [-0.4, -0.2) is 16.7 Å². The number of halogens is 1. The standard InChI is InChI=1S/C16H13ClN2OS.C7H12O/c1-9-4-3-5-12(17)15(9)19-16(20)11-6-7-13-14(8-11)21-10(2)18-13;1-6(2)4-5-7(3)8/h3-8H,1-2H3,(H,19,20);1,4-5H2,2-3H3. The normalized spacial score (nSPS) is 10.2. The van der Waals surface area contributed by atoms with E-state index in [0.29, 0.717) is 22.7 Å². The lowest BCUT2D eigenvalue weighted by molar-refractivity contribution is -0.116. The number of carbonyl (C=O) groups is 2. The number of hydrogen-bond donors (Lipinski definition) is 1. The van der Waals surface area contributed by atoms with Crippen molar-refractivity contribution >= 4 is 50.5 Å². The predicted octanol–water partition coefficient (Wildman–Crippen LogP) is 6.75. The van der Waals surface area contributed by atoms with Crippen LogP contribution in [0.1, 0.15) is 47.6 Å². The summed E-state index contributed by atoms with van der Waals surface area (Å²) in [5.41, 5.74) is 4.20. The topological polar surface area (TPSA) is 59.1 Å². The number of nitrogens with zero attached hydrogens (tertiary/aromatic N) is 1. The van der Waals surface area contributed by atoms with Gasteiger partial charge in [-0.05, 0) is 63.9 Å². The summed E-state index contributed by atoms with van der Waals surface area (Å²) in [6, 6.07) is 11.0. The third-order valence-corrected chi connectivity index (χ3v) is 5.37. The van der Waals surface area contributed by atoms with Crippen LogP contribution in [0.5, 0.6) is 0 Å². The molecule has 0 spiro atoms. The van der Waals surface area contributed by atoms with Gasteiger partial charge in [-0.3, -0.25) is 4.79 Å². The van der Waals surface area contributed by atoms with Crippen LogP contribution in [0, 0.1) is 13.8 Å². The molecule has 2 aromatic carbocycles. The zero-order valence-corrected chi connectivity index (χ0v) is 18.7. The highest BCUT2D eigenvalue weighted by Gasteiger charge is 2.12. The number of nitrogens with one attached hydrogen (secondary N) is 1. The molecule has 0 aliphatic carbocycles. The molecule has 0 unspecified atom stereocenters. The van der Waals surface area contributed by atoms with E-state index in [1.54, 1.807) is 30.4 Å². The number of hydrogen-bond acceptors (Lipinski definition) is 4. The molecule has 1 amide bonds. The second kappa shape index (κ2) is 10.3. The first-order chi connectivity index (χ1) is 13.7. The summed E-state index contributed by atoms with van der Waals surface area (Å²) < 4.78 is 1.01. The number of allylic oxidation sites excluding steroid dienone is 1. The Kier molecular flexibility index (Phi) is 8.11. The minimum absolute atomic E-state index is 0.167. The molecule has 4 nitrogen and oxygen atoms in total. The molecule has 0 bridgehead atoms. The highest BCUT2D eigenvalue weighted by Crippen LogP contribution is 2.27. The van der Waals surface area contributed by atoms with Gasteiger partial charge in [-0.1, -0.05) is 29.3 Å². The number of amides is 1. The van der Waals surface area contributed by atoms with Gasteiger partial charge in [-0.15, -0.1) is 17.9 Å². The quantitative estimate of drug-likeness (QED) is 0.457. The highest BCUT2D eigenvalue weighted by molar-refractivity contribution is 7.18. The van der Waals surface area contributed by atoms with Crippen LogP contribution in [0.2, 0.25) is 5.02 Å². The fourth-order valence-electron chi connectivity index (χ4n) is 2.55. The number of carbonyl (C=O) groups excluding carboxylic acids is 2. The Hall–Kier alpha value is -2.50. The van der Waals surface area contributed by atoms with Gasteiger partial charge < -0.3 is 10.1 Å². The number of para-hydroxylation sites is 1. The highest BCUT2D eigenvalue weighted by atomic mass is 35.5. The van der Waals surface area contributed by atoms with E-state index < -0.39 is 0 Å². The molecule has 0 fully saturated rings. The molecule has 0 atom stereocenters. The van der Waals surface area contributed by atoms with E-state index in [-0.39, 0.29) is 11.7 Å². The van der Waals surface area contributed by atoms with Crippen LogP contribution in [0.3, 0.4) is 0 Å². The third kappa shape index (κ3) is 6.80. The SMILES string of the molecule is C=C(C)CCC(C)=O.Cc1nc2ccc(C(=O)Nc3c(C)cccc3Cl)cc2s1. The Morgan fingerprint density at radius 3 is 2.45 bits per heavy atom. The third-order valence-electron chi connectivity index (χ3n) is 4.12. The molecular formula is C23H25ClN2O2S. The van der Waals surface area contributed by atoms with Crippen LogP contribution in [0.15, 0.2) is 48.6 Å². The number of aryl methyl sites for hydroxylation is 2. The fraction of sp³-hybridized carbons (Fsp3) is 0.261. The van der Waals surface area contributed by atoms with Gasteiger partial charge in [0.05, 0.1) is 25.9 Å². The molecule has 0 aliphatic heterocycles. The second-order valence-electron chi connectivity index (χ2n) is 6.96. The summed E-state index contributed by atoms with van der Waals surface area (Å²) in [5, 5.41) is 4.41. The van der Waals surface area contributed by atoms with Crippen molar-refractivity contribution in [1.82, 2.24) is 4.98 Å². The Labute approximate surface area is 180 Å². The predicted molar refractivity (Wildman–Crippen MR) is 123 cm³/mol. The first-order valence-electron chi connectivity index (χ1n) is 9.25. The van der Waals surface area contributed by atoms with Gasteiger partial charge in [0.25, 0.3) is 5.91 Å². The summed E-state index contributed by atoms with van der Waals surface area (Å²) in [7, 11) is 0. The van der Waals surface area contributed by atoms with Crippen LogP contribution in [0.25, 0.3) is 10.2 Å². The van der Waals surface area contributed by atoms with E-state index in [0.717, 1.165) is 32.8 Å².